The number of hydrogen-bond acceptors (Lipinski definition) is 9. The van der Waals surface area contributed by atoms with Gasteiger partial charge in [-0.3, -0.25) is 4.79 Å². The van der Waals surface area contributed by atoms with Gasteiger partial charge in [-0.25, -0.2) is 14.5 Å². The number of anilines is 2. The second-order valence-electron chi connectivity index (χ2n) is 9.59. The third kappa shape index (κ3) is 6.63. The van der Waals surface area contributed by atoms with Gasteiger partial charge in [-0.2, -0.15) is 13.9 Å². The molecule has 4 aromatic rings. The second-order valence-corrected chi connectivity index (χ2v) is 11.0. The molecule has 3 aromatic heterocycles. The molecule has 14 heteroatoms. The molecule has 1 aliphatic heterocycles. The summed E-state index contributed by atoms with van der Waals surface area (Å²) in [4.78, 5) is 30.9. The summed E-state index contributed by atoms with van der Waals surface area (Å²) in [5, 5.41) is 8.44. The van der Waals surface area contributed by atoms with Crippen molar-refractivity contribution in [3.05, 3.63) is 53.4 Å². The summed E-state index contributed by atoms with van der Waals surface area (Å²) in [5.74, 6) is -0.549. The van der Waals surface area contributed by atoms with Gasteiger partial charge in [0.05, 0.1) is 6.20 Å². The SMILES string of the molecule is C=NCCCN(C)C1CCN(c2nc(-c3cc(Cl)ccc3OC(F)F)c(NC(=O)c3cnn4cccnc34)s2)CC1. The Bertz CT molecular complexity index is 1520. The number of amides is 1. The van der Waals surface area contributed by atoms with Gasteiger partial charge in [0, 0.05) is 48.7 Å². The van der Waals surface area contributed by atoms with E-state index in [-0.39, 0.29) is 22.6 Å². The normalized spacial score (nSPS) is 14.2. The van der Waals surface area contributed by atoms with E-state index in [1.165, 1.54) is 40.2 Å². The fourth-order valence-corrected chi connectivity index (χ4v) is 6.07. The van der Waals surface area contributed by atoms with Crippen LogP contribution in [-0.2, 0) is 0 Å². The van der Waals surface area contributed by atoms with Crippen LogP contribution in [0, 0.1) is 0 Å². The van der Waals surface area contributed by atoms with Crippen LogP contribution in [0.25, 0.3) is 16.9 Å². The Balaban J connectivity index is 1.44. The van der Waals surface area contributed by atoms with Gasteiger partial charge in [-0.15, -0.1) is 0 Å². The highest BCUT2D eigenvalue weighted by atomic mass is 35.5. The molecule has 0 bridgehead atoms. The number of nitrogens with one attached hydrogen (secondary N) is 1. The molecule has 5 rings (SSSR count). The lowest BCUT2D eigenvalue weighted by Crippen LogP contribution is -2.43. The number of thiazole rings is 1. The van der Waals surface area contributed by atoms with Gasteiger partial charge in [-0.1, -0.05) is 22.9 Å². The van der Waals surface area contributed by atoms with Crippen molar-refractivity contribution >= 4 is 51.3 Å². The number of rotatable bonds is 11. The number of carbonyl (C=O) groups excluding carboxylic acids is 1. The van der Waals surface area contributed by atoms with Crippen LogP contribution in [0.4, 0.5) is 18.9 Å². The summed E-state index contributed by atoms with van der Waals surface area (Å²) >= 11 is 7.52. The lowest BCUT2D eigenvalue weighted by Gasteiger charge is -2.36. The Labute approximate surface area is 244 Å². The van der Waals surface area contributed by atoms with Gasteiger partial charge < -0.3 is 24.8 Å². The first-order valence-corrected chi connectivity index (χ1v) is 14.3. The van der Waals surface area contributed by atoms with Crippen LogP contribution in [-0.4, -0.2) is 83.0 Å². The van der Waals surface area contributed by atoms with Crippen LogP contribution < -0.4 is 15.0 Å². The van der Waals surface area contributed by atoms with Crippen LogP contribution >= 0.6 is 22.9 Å². The Morgan fingerprint density at radius 1 is 1.37 bits per heavy atom. The minimum absolute atomic E-state index is 0.0938. The number of fused-ring (bicyclic) bond motifs is 1. The Morgan fingerprint density at radius 2 is 2.17 bits per heavy atom. The van der Waals surface area contributed by atoms with Crippen molar-refractivity contribution in [2.45, 2.75) is 31.9 Å². The van der Waals surface area contributed by atoms with Crippen LogP contribution in [0.15, 0.2) is 47.8 Å². The molecule has 1 N–H and O–H groups in total. The molecular formula is C27H29ClF2N8O2S. The molecular weight excluding hydrogens is 574 g/mol. The monoisotopic (exact) mass is 602 g/mol. The predicted molar refractivity (Wildman–Crippen MR) is 157 cm³/mol. The Morgan fingerprint density at radius 3 is 2.93 bits per heavy atom. The minimum atomic E-state index is -3.05. The third-order valence-corrected chi connectivity index (χ3v) is 8.23. The van der Waals surface area contributed by atoms with Crippen molar-refractivity contribution in [3.8, 4) is 17.0 Å². The molecule has 1 aliphatic rings. The Hall–Kier alpha value is -3.68. The highest BCUT2D eigenvalue weighted by Gasteiger charge is 2.28. The molecule has 4 heterocycles. The molecule has 0 saturated carbocycles. The zero-order valence-electron chi connectivity index (χ0n) is 22.3. The maximum Gasteiger partial charge on any atom is 0.387 e. The third-order valence-electron chi connectivity index (χ3n) is 6.97. The summed E-state index contributed by atoms with van der Waals surface area (Å²) in [7, 11) is 2.12. The van der Waals surface area contributed by atoms with Gasteiger partial charge in [0.2, 0.25) is 0 Å². The largest absolute Gasteiger partial charge is 0.434 e. The lowest BCUT2D eigenvalue weighted by molar-refractivity contribution is -0.0494. The van der Waals surface area contributed by atoms with E-state index in [9.17, 15) is 13.6 Å². The minimum Gasteiger partial charge on any atom is -0.434 e. The zero-order valence-corrected chi connectivity index (χ0v) is 23.9. The first kappa shape index (κ1) is 28.8. The number of carbonyl (C=O) groups is 1. The topological polar surface area (TPSA) is 100 Å². The van der Waals surface area contributed by atoms with Crippen molar-refractivity contribution in [3.63, 3.8) is 0 Å². The van der Waals surface area contributed by atoms with Crippen LogP contribution in [0.2, 0.25) is 5.02 Å². The average molecular weight is 603 g/mol. The molecule has 41 heavy (non-hydrogen) atoms. The molecule has 10 nitrogen and oxygen atoms in total. The first-order chi connectivity index (χ1) is 19.8. The lowest BCUT2D eigenvalue weighted by atomic mass is 10.0. The molecule has 1 aromatic carbocycles. The van der Waals surface area contributed by atoms with Gasteiger partial charge in [0.25, 0.3) is 5.91 Å². The molecule has 0 unspecified atom stereocenters. The van der Waals surface area contributed by atoms with Crippen molar-refractivity contribution in [2.24, 2.45) is 4.99 Å². The maximum atomic E-state index is 13.4. The number of aliphatic imine (C=N–C) groups is 1. The first-order valence-electron chi connectivity index (χ1n) is 13.1. The number of benzene rings is 1. The smallest absolute Gasteiger partial charge is 0.387 e. The highest BCUT2D eigenvalue weighted by Crippen LogP contribution is 2.43. The van der Waals surface area contributed by atoms with Crippen LogP contribution in [0.1, 0.15) is 29.6 Å². The standard InChI is InChI=1S/C27H29ClF2N8O2S/c1-31-9-3-11-36(2)18-7-13-37(14-8-18)27-34-22(19-15-17(28)5-6-21(19)40-26(29)30)25(41-27)35-24(39)20-16-33-38-12-4-10-32-23(20)38/h4-6,10,12,15-16,18,26H,1,3,7-9,11,13-14H2,2H3,(H,35,39). The van der Waals surface area contributed by atoms with E-state index >= 15 is 0 Å². The summed E-state index contributed by atoms with van der Waals surface area (Å²) in [6.07, 6.45) is 7.51. The van der Waals surface area contributed by atoms with E-state index in [1.54, 1.807) is 18.5 Å². The molecule has 1 saturated heterocycles. The quantitative estimate of drug-likeness (QED) is 0.182. The molecule has 216 valence electrons. The van der Waals surface area contributed by atoms with Crippen LogP contribution in [0.5, 0.6) is 5.75 Å². The van der Waals surface area contributed by atoms with E-state index in [1.807, 2.05) is 0 Å². The molecule has 1 fully saturated rings. The van der Waals surface area contributed by atoms with Gasteiger partial charge in [0.1, 0.15) is 22.0 Å². The summed E-state index contributed by atoms with van der Waals surface area (Å²) in [6, 6.07) is 6.47. The van der Waals surface area contributed by atoms with Crippen molar-refractivity contribution < 1.29 is 18.3 Å². The van der Waals surface area contributed by atoms with E-state index in [2.05, 4.69) is 44.0 Å². The fourth-order valence-electron chi connectivity index (χ4n) is 4.87. The van der Waals surface area contributed by atoms with E-state index in [0.29, 0.717) is 26.8 Å². The number of hydrogen-bond donors (Lipinski definition) is 1. The number of piperidine rings is 1. The summed E-state index contributed by atoms with van der Waals surface area (Å²) in [6.45, 7) is 3.69. The van der Waals surface area contributed by atoms with Crippen LogP contribution in [0.3, 0.4) is 0 Å². The number of ether oxygens (including phenoxy) is 1. The molecule has 0 atom stereocenters. The Kier molecular flexibility index (Phi) is 9.06. The van der Waals surface area contributed by atoms with Crippen molar-refractivity contribution in [2.75, 3.05) is 43.4 Å². The number of aromatic nitrogens is 4. The molecule has 0 aliphatic carbocycles. The number of halogens is 3. The second kappa shape index (κ2) is 12.9. The predicted octanol–water partition coefficient (Wildman–Crippen LogP) is 5.35. The molecule has 0 radical (unpaired) electrons. The molecule has 0 spiro atoms. The van der Waals surface area contributed by atoms with E-state index < -0.39 is 12.5 Å². The van der Waals surface area contributed by atoms with Gasteiger partial charge >= 0.3 is 6.61 Å². The van der Waals surface area contributed by atoms with E-state index in [4.69, 9.17) is 21.3 Å². The maximum absolute atomic E-state index is 13.4. The van der Waals surface area contributed by atoms with Gasteiger partial charge in [0.15, 0.2) is 10.8 Å². The van der Waals surface area contributed by atoms with E-state index in [0.717, 1.165) is 45.4 Å². The number of alkyl halides is 2. The number of nitrogens with zero attached hydrogens (tertiary/aromatic N) is 7. The van der Waals surface area contributed by atoms with Crippen molar-refractivity contribution in [1.82, 2.24) is 24.5 Å². The van der Waals surface area contributed by atoms with Crippen molar-refractivity contribution in [1.29, 1.82) is 0 Å². The summed E-state index contributed by atoms with van der Waals surface area (Å²) < 4.78 is 32.8. The zero-order chi connectivity index (χ0) is 28.9. The van der Waals surface area contributed by atoms with Gasteiger partial charge in [-0.05, 0) is 63.8 Å². The molecule has 1 amide bonds. The fraction of sp³-hybridized carbons (Fsp3) is 0.370. The summed E-state index contributed by atoms with van der Waals surface area (Å²) in [5.41, 5.74) is 1.18. The average Bonchev–Trinajstić information content (AvgIpc) is 3.58. The highest BCUT2D eigenvalue weighted by molar-refractivity contribution is 7.20.